The number of sulfone groups is 1. The smallest absolute Gasteiger partial charge is 0.165 e. The van der Waals surface area contributed by atoms with Crippen LogP contribution in [0.1, 0.15) is 26.3 Å². The summed E-state index contributed by atoms with van der Waals surface area (Å²) in [5, 5.41) is 3.19. The average Bonchev–Trinajstić information content (AvgIpc) is 2.37. The number of likely N-dealkylation sites (N-methyl/N-ethyl adjacent to an activating group) is 1. The summed E-state index contributed by atoms with van der Waals surface area (Å²) in [4.78, 5) is 0. The molecule has 120 valence electrons. The van der Waals surface area contributed by atoms with E-state index in [4.69, 9.17) is 4.74 Å². The molecular weight excluding hydrogens is 293 g/mol. The molecule has 0 amide bonds. The Bertz CT molecular complexity index is 585. The van der Waals surface area contributed by atoms with Gasteiger partial charge in [-0.25, -0.2) is 12.8 Å². The monoisotopic (exact) mass is 317 g/mol. The van der Waals surface area contributed by atoms with E-state index in [0.29, 0.717) is 13.0 Å². The predicted octanol–water partition coefficient (Wildman–Crippen LogP) is 2.18. The maximum Gasteiger partial charge on any atom is 0.165 e. The molecule has 0 heterocycles. The highest BCUT2D eigenvalue weighted by molar-refractivity contribution is 7.92. The Morgan fingerprint density at radius 2 is 2.00 bits per heavy atom. The Labute approximate surface area is 126 Å². The van der Waals surface area contributed by atoms with Crippen LogP contribution in [0, 0.1) is 5.82 Å². The molecule has 0 saturated heterocycles. The molecule has 0 bridgehead atoms. The van der Waals surface area contributed by atoms with Crippen LogP contribution in [-0.4, -0.2) is 39.1 Å². The van der Waals surface area contributed by atoms with E-state index >= 15 is 0 Å². The van der Waals surface area contributed by atoms with E-state index in [2.05, 4.69) is 5.32 Å². The average molecular weight is 317 g/mol. The molecule has 0 aliphatic carbocycles. The Hall–Kier alpha value is -1.14. The highest BCUT2D eigenvalue weighted by Crippen LogP contribution is 2.25. The van der Waals surface area contributed by atoms with Crippen molar-refractivity contribution in [1.29, 1.82) is 0 Å². The lowest BCUT2D eigenvalue weighted by Gasteiger charge is -2.33. The van der Waals surface area contributed by atoms with Gasteiger partial charge in [-0.3, -0.25) is 0 Å². The van der Waals surface area contributed by atoms with Gasteiger partial charge in [0.1, 0.15) is 0 Å². The first-order chi connectivity index (χ1) is 9.63. The summed E-state index contributed by atoms with van der Waals surface area (Å²) < 4.78 is 41.7. The van der Waals surface area contributed by atoms with Gasteiger partial charge in [0, 0.05) is 12.3 Å². The zero-order chi connectivity index (χ0) is 16.3. The topological polar surface area (TPSA) is 55.4 Å². The molecule has 0 aromatic heterocycles. The standard InChI is InChI=1S/C15H24FNO3S/c1-6-17-14(15(2,3)21(5,18)19)10-11-7-8-13(20-4)12(16)9-11/h7-9,14,17H,6,10H2,1-5H3. The molecule has 1 aromatic carbocycles. The Kier molecular flexibility index (Phi) is 5.75. The van der Waals surface area contributed by atoms with Crippen LogP contribution in [0.4, 0.5) is 4.39 Å². The lowest BCUT2D eigenvalue weighted by atomic mass is 9.95. The summed E-state index contributed by atoms with van der Waals surface area (Å²) in [6.45, 7) is 5.94. The van der Waals surface area contributed by atoms with Crippen molar-refractivity contribution in [2.45, 2.75) is 38.0 Å². The number of methoxy groups -OCH3 is 1. The number of rotatable bonds is 7. The summed E-state index contributed by atoms with van der Waals surface area (Å²) in [6.07, 6.45) is 1.65. The lowest BCUT2D eigenvalue weighted by Crippen LogP contribution is -2.52. The first-order valence-corrected chi connectivity index (χ1v) is 8.78. The van der Waals surface area contributed by atoms with Crippen LogP contribution in [-0.2, 0) is 16.3 Å². The quantitative estimate of drug-likeness (QED) is 0.837. The van der Waals surface area contributed by atoms with Gasteiger partial charge in [0.25, 0.3) is 0 Å². The lowest BCUT2D eigenvalue weighted by molar-refractivity contribution is 0.384. The molecule has 1 N–H and O–H groups in total. The van der Waals surface area contributed by atoms with E-state index in [1.54, 1.807) is 26.0 Å². The fraction of sp³-hybridized carbons (Fsp3) is 0.600. The highest BCUT2D eigenvalue weighted by atomic mass is 32.2. The second-order valence-corrected chi connectivity index (χ2v) is 8.26. The van der Waals surface area contributed by atoms with Crippen molar-refractivity contribution in [1.82, 2.24) is 5.32 Å². The van der Waals surface area contributed by atoms with E-state index in [-0.39, 0.29) is 11.8 Å². The van der Waals surface area contributed by atoms with Gasteiger partial charge in [-0.05, 0) is 44.5 Å². The van der Waals surface area contributed by atoms with Crippen molar-refractivity contribution >= 4 is 9.84 Å². The molecule has 6 heteroatoms. The van der Waals surface area contributed by atoms with Crippen molar-refractivity contribution in [3.05, 3.63) is 29.6 Å². The molecular formula is C15H24FNO3S. The van der Waals surface area contributed by atoms with Crippen LogP contribution in [0.3, 0.4) is 0 Å². The van der Waals surface area contributed by atoms with Crippen LogP contribution in [0.5, 0.6) is 5.75 Å². The molecule has 4 nitrogen and oxygen atoms in total. The van der Waals surface area contributed by atoms with E-state index < -0.39 is 20.4 Å². The second-order valence-electron chi connectivity index (χ2n) is 5.66. The minimum absolute atomic E-state index is 0.182. The third kappa shape index (κ3) is 4.17. The Morgan fingerprint density at radius 1 is 1.38 bits per heavy atom. The minimum atomic E-state index is -3.25. The summed E-state index contributed by atoms with van der Waals surface area (Å²) in [7, 11) is -1.84. The van der Waals surface area contributed by atoms with Gasteiger partial charge in [0.15, 0.2) is 21.4 Å². The largest absolute Gasteiger partial charge is 0.494 e. The van der Waals surface area contributed by atoms with Crippen molar-refractivity contribution in [2.24, 2.45) is 0 Å². The molecule has 1 unspecified atom stereocenters. The molecule has 0 radical (unpaired) electrons. The van der Waals surface area contributed by atoms with Crippen molar-refractivity contribution < 1.29 is 17.5 Å². The van der Waals surface area contributed by atoms with Gasteiger partial charge in [0.05, 0.1) is 11.9 Å². The fourth-order valence-corrected chi connectivity index (χ4v) is 2.82. The molecule has 0 aliphatic heterocycles. The summed E-state index contributed by atoms with van der Waals surface area (Å²) >= 11 is 0. The van der Waals surface area contributed by atoms with Gasteiger partial charge < -0.3 is 10.1 Å². The molecule has 0 spiro atoms. The van der Waals surface area contributed by atoms with Gasteiger partial charge in [-0.15, -0.1) is 0 Å². The van der Waals surface area contributed by atoms with Crippen LogP contribution in [0.2, 0.25) is 0 Å². The zero-order valence-corrected chi connectivity index (χ0v) is 14.1. The van der Waals surface area contributed by atoms with Gasteiger partial charge in [0.2, 0.25) is 0 Å². The van der Waals surface area contributed by atoms with E-state index in [1.165, 1.54) is 19.4 Å². The highest BCUT2D eigenvalue weighted by Gasteiger charge is 2.38. The molecule has 0 fully saturated rings. The zero-order valence-electron chi connectivity index (χ0n) is 13.2. The second kappa shape index (κ2) is 6.75. The summed E-state index contributed by atoms with van der Waals surface area (Å²) in [5.41, 5.74) is 0.732. The van der Waals surface area contributed by atoms with Crippen LogP contribution in [0.25, 0.3) is 0 Å². The third-order valence-electron chi connectivity index (χ3n) is 3.90. The molecule has 0 saturated carbocycles. The van der Waals surface area contributed by atoms with Crippen molar-refractivity contribution in [2.75, 3.05) is 19.9 Å². The third-order valence-corrected chi connectivity index (χ3v) is 6.10. The number of halogens is 1. The van der Waals surface area contributed by atoms with E-state index in [0.717, 1.165) is 5.56 Å². The number of hydrogen-bond donors (Lipinski definition) is 1. The first-order valence-electron chi connectivity index (χ1n) is 6.88. The van der Waals surface area contributed by atoms with Crippen LogP contribution < -0.4 is 10.1 Å². The number of hydrogen-bond acceptors (Lipinski definition) is 4. The number of nitrogens with one attached hydrogen (secondary N) is 1. The number of ether oxygens (including phenoxy) is 1. The molecule has 0 aliphatic rings. The number of benzene rings is 1. The summed E-state index contributed by atoms with van der Waals surface area (Å²) in [6, 6.07) is 4.40. The Morgan fingerprint density at radius 3 is 2.43 bits per heavy atom. The molecule has 1 atom stereocenters. The van der Waals surface area contributed by atoms with Gasteiger partial charge in [-0.1, -0.05) is 13.0 Å². The van der Waals surface area contributed by atoms with Crippen molar-refractivity contribution in [3.8, 4) is 5.75 Å². The maximum atomic E-state index is 13.8. The van der Waals surface area contributed by atoms with E-state index in [1.807, 2.05) is 6.92 Å². The Balaban J connectivity index is 3.07. The molecule has 1 aromatic rings. The van der Waals surface area contributed by atoms with Crippen LogP contribution >= 0.6 is 0 Å². The SMILES string of the molecule is CCNC(Cc1ccc(OC)c(F)c1)C(C)(C)S(C)(=O)=O. The fourth-order valence-electron chi connectivity index (χ4n) is 2.14. The van der Waals surface area contributed by atoms with Crippen molar-refractivity contribution in [3.63, 3.8) is 0 Å². The van der Waals surface area contributed by atoms with Gasteiger partial charge in [-0.2, -0.15) is 0 Å². The first kappa shape index (κ1) is 17.9. The normalized spacial score (nSPS) is 14.0. The summed E-state index contributed by atoms with van der Waals surface area (Å²) in [5.74, 6) is -0.261. The predicted molar refractivity (Wildman–Crippen MR) is 83.0 cm³/mol. The van der Waals surface area contributed by atoms with Gasteiger partial charge >= 0.3 is 0 Å². The van der Waals surface area contributed by atoms with E-state index in [9.17, 15) is 12.8 Å². The maximum absolute atomic E-state index is 13.8. The molecule has 21 heavy (non-hydrogen) atoms. The van der Waals surface area contributed by atoms with Crippen LogP contribution in [0.15, 0.2) is 18.2 Å². The molecule has 1 rings (SSSR count). The minimum Gasteiger partial charge on any atom is -0.494 e.